The molecule has 0 bridgehead atoms. The number of nitrogens with zero attached hydrogens (tertiary/aromatic N) is 1. The number of aldehydes is 1. The highest BCUT2D eigenvalue weighted by Crippen LogP contribution is 2.28. The third-order valence-corrected chi connectivity index (χ3v) is 3.58. The highest BCUT2D eigenvalue weighted by atomic mass is 16.1. The van der Waals surface area contributed by atoms with Crippen LogP contribution in [0.25, 0.3) is 0 Å². The first-order valence-corrected chi connectivity index (χ1v) is 5.97. The molecule has 2 nitrogen and oxygen atoms in total. The Hall–Kier alpha value is -1.31. The Kier molecular flexibility index (Phi) is 3.28. The van der Waals surface area contributed by atoms with Gasteiger partial charge >= 0.3 is 0 Å². The Morgan fingerprint density at radius 2 is 2.19 bits per heavy atom. The molecule has 2 rings (SSSR count). The molecule has 0 unspecified atom stereocenters. The van der Waals surface area contributed by atoms with Crippen molar-refractivity contribution < 1.29 is 4.79 Å². The molecule has 1 aliphatic rings. The molecular weight excluding hydrogens is 198 g/mol. The summed E-state index contributed by atoms with van der Waals surface area (Å²) in [5.74, 6) is 0.871. The van der Waals surface area contributed by atoms with Crippen LogP contribution in [0.1, 0.15) is 35.2 Å². The van der Waals surface area contributed by atoms with Crippen molar-refractivity contribution in [1.29, 1.82) is 0 Å². The lowest BCUT2D eigenvalue weighted by molar-refractivity contribution is 0.112. The van der Waals surface area contributed by atoms with Crippen molar-refractivity contribution in [2.45, 2.75) is 26.2 Å². The van der Waals surface area contributed by atoms with Crippen molar-refractivity contribution >= 4 is 12.0 Å². The first-order chi connectivity index (χ1) is 7.70. The van der Waals surface area contributed by atoms with Crippen molar-refractivity contribution in [2.24, 2.45) is 5.92 Å². The van der Waals surface area contributed by atoms with Crippen LogP contribution in [-0.2, 0) is 0 Å². The Morgan fingerprint density at radius 1 is 1.44 bits per heavy atom. The second-order valence-corrected chi connectivity index (χ2v) is 4.84. The molecule has 0 saturated heterocycles. The van der Waals surface area contributed by atoms with Gasteiger partial charge in [-0.15, -0.1) is 0 Å². The Balaban J connectivity index is 2.07. The molecule has 0 aromatic heterocycles. The zero-order valence-corrected chi connectivity index (χ0v) is 10.1. The topological polar surface area (TPSA) is 20.3 Å². The van der Waals surface area contributed by atoms with Gasteiger partial charge in [0.05, 0.1) is 0 Å². The van der Waals surface area contributed by atoms with E-state index in [9.17, 15) is 4.79 Å². The van der Waals surface area contributed by atoms with Gasteiger partial charge in [0.2, 0.25) is 0 Å². The summed E-state index contributed by atoms with van der Waals surface area (Å²) in [6, 6.07) is 6.05. The number of benzene rings is 1. The van der Waals surface area contributed by atoms with Gasteiger partial charge in [0.25, 0.3) is 0 Å². The van der Waals surface area contributed by atoms with Crippen LogP contribution in [0.15, 0.2) is 18.2 Å². The van der Waals surface area contributed by atoms with E-state index >= 15 is 0 Å². The number of carbonyl (C=O) groups excluding carboxylic acids is 1. The van der Waals surface area contributed by atoms with Crippen molar-refractivity contribution in [3.8, 4) is 0 Å². The van der Waals surface area contributed by atoms with Crippen LogP contribution in [0.5, 0.6) is 0 Å². The minimum Gasteiger partial charge on any atom is -0.374 e. The molecule has 1 aromatic carbocycles. The summed E-state index contributed by atoms with van der Waals surface area (Å²) in [4.78, 5) is 13.0. The van der Waals surface area contributed by atoms with Gasteiger partial charge in [0, 0.05) is 24.8 Å². The zero-order chi connectivity index (χ0) is 11.5. The van der Waals surface area contributed by atoms with E-state index in [2.05, 4.69) is 18.0 Å². The smallest absolute Gasteiger partial charge is 0.150 e. The molecule has 16 heavy (non-hydrogen) atoms. The third-order valence-electron chi connectivity index (χ3n) is 3.58. The summed E-state index contributed by atoms with van der Waals surface area (Å²) >= 11 is 0. The van der Waals surface area contributed by atoms with Gasteiger partial charge in [-0.2, -0.15) is 0 Å². The van der Waals surface area contributed by atoms with Gasteiger partial charge in [0.1, 0.15) is 6.29 Å². The number of hydrogen-bond donors (Lipinski definition) is 0. The van der Waals surface area contributed by atoms with Gasteiger partial charge < -0.3 is 4.90 Å². The van der Waals surface area contributed by atoms with Crippen LogP contribution in [0.2, 0.25) is 0 Å². The molecule has 1 aromatic rings. The predicted octanol–water partition coefficient (Wildman–Crippen LogP) is 3.04. The van der Waals surface area contributed by atoms with Crippen molar-refractivity contribution in [3.63, 3.8) is 0 Å². The second kappa shape index (κ2) is 4.69. The normalized spacial score (nSPS) is 15.6. The summed E-state index contributed by atoms with van der Waals surface area (Å²) in [6.07, 6.45) is 5.05. The quantitative estimate of drug-likeness (QED) is 0.722. The number of hydrogen-bond acceptors (Lipinski definition) is 2. The summed E-state index contributed by atoms with van der Waals surface area (Å²) in [5.41, 5.74) is 3.07. The molecule has 0 N–H and O–H groups in total. The fourth-order valence-corrected chi connectivity index (χ4v) is 2.20. The lowest BCUT2D eigenvalue weighted by Crippen LogP contribution is -2.29. The molecule has 1 aliphatic carbocycles. The van der Waals surface area contributed by atoms with Crippen molar-refractivity contribution in [1.82, 2.24) is 0 Å². The molecule has 1 saturated carbocycles. The van der Waals surface area contributed by atoms with Crippen molar-refractivity contribution in [2.75, 3.05) is 18.5 Å². The minimum absolute atomic E-state index is 0.792. The average molecular weight is 217 g/mol. The molecule has 0 spiro atoms. The van der Waals surface area contributed by atoms with E-state index in [4.69, 9.17) is 0 Å². The molecule has 0 amide bonds. The van der Waals surface area contributed by atoms with Crippen LogP contribution < -0.4 is 4.90 Å². The number of anilines is 1. The third kappa shape index (κ3) is 2.26. The number of carbonyl (C=O) groups is 1. The van der Waals surface area contributed by atoms with E-state index in [1.165, 1.54) is 24.9 Å². The lowest BCUT2D eigenvalue weighted by atomic mass is 9.85. The Bertz CT molecular complexity index is 382. The van der Waals surface area contributed by atoms with Crippen LogP contribution in [0, 0.1) is 12.8 Å². The second-order valence-electron chi connectivity index (χ2n) is 4.84. The van der Waals surface area contributed by atoms with Crippen LogP contribution in [-0.4, -0.2) is 19.9 Å². The molecule has 2 heteroatoms. The number of rotatable bonds is 4. The van der Waals surface area contributed by atoms with Crippen LogP contribution >= 0.6 is 0 Å². The van der Waals surface area contributed by atoms with Crippen LogP contribution in [0.3, 0.4) is 0 Å². The first-order valence-electron chi connectivity index (χ1n) is 5.97. The van der Waals surface area contributed by atoms with E-state index in [0.717, 1.165) is 29.9 Å². The van der Waals surface area contributed by atoms with Gasteiger partial charge in [-0.25, -0.2) is 0 Å². The van der Waals surface area contributed by atoms with Gasteiger partial charge in [0.15, 0.2) is 0 Å². The van der Waals surface area contributed by atoms with E-state index < -0.39 is 0 Å². The molecule has 86 valence electrons. The summed E-state index contributed by atoms with van der Waals surface area (Å²) in [6.45, 7) is 3.13. The maximum Gasteiger partial charge on any atom is 0.150 e. The Morgan fingerprint density at radius 3 is 2.69 bits per heavy atom. The predicted molar refractivity (Wildman–Crippen MR) is 67.2 cm³/mol. The van der Waals surface area contributed by atoms with E-state index in [-0.39, 0.29) is 0 Å². The van der Waals surface area contributed by atoms with Crippen LogP contribution in [0.4, 0.5) is 5.69 Å². The van der Waals surface area contributed by atoms with E-state index in [0.29, 0.717) is 0 Å². The van der Waals surface area contributed by atoms with E-state index in [1.54, 1.807) is 0 Å². The Labute approximate surface area is 97.3 Å². The SMILES string of the molecule is Cc1cc(N(C)CC2CCC2)ccc1C=O. The van der Waals surface area contributed by atoms with Gasteiger partial charge in [-0.3, -0.25) is 4.79 Å². The van der Waals surface area contributed by atoms with E-state index in [1.807, 2.05) is 19.1 Å². The molecule has 0 heterocycles. The van der Waals surface area contributed by atoms with Crippen molar-refractivity contribution in [3.05, 3.63) is 29.3 Å². The standard InChI is InChI=1S/C14H19NO/c1-11-8-14(7-6-13(11)10-16)15(2)9-12-4-3-5-12/h6-8,10,12H,3-5,9H2,1-2H3. The first kappa shape index (κ1) is 11.2. The summed E-state index contributed by atoms with van der Waals surface area (Å²) < 4.78 is 0. The minimum atomic E-state index is 0.792. The summed E-state index contributed by atoms with van der Waals surface area (Å²) in [7, 11) is 2.13. The van der Waals surface area contributed by atoms with Gasteiger partial charge in [-0.1, -0.05) is 6.42 Å². The summed E-state index contributed by atoms with van der Waals surface area (Å²) in [5, 5.41) is 0. The highest BCUT2D eigenvalue weighted by molar-refractivity contribution is 5.78. The molecular formula is C14H19NO. The number of aryl methyl sites for hydroxylation is 1. The van der Waals surface area contributed by atoms with Gasteiger partial charge in [-0.05, 0) is 49.4 Å². The fraction of sp³-hybridized carbons (Fsp3) is 0.500. The maximum absolute atomic E-state index is 10.7. The fourth-order valence-electron chi connectivity index (χ4n) is 2.20. The monoisotopic (exact) mass is 217 g/mol. The maximum atomic E-state index is 10.7. The highest BCUT2D eigenvalue weighted by Gasteiger charge is 2.19. The average Bonchev–Trinajstić information content (AvgIpc) is 2.23. The zero-order valence-electron chi connectivity index (χ0n) is 10.1. The molecule has 1 fully saturated rings. The largest absolute Gasteiger partial charge is 0.374 e. The molecule has 0 atom stereocenters. The molecule has 0 radical (unpaired) electrons. The lowest BCUT2D eigenvalue weighted by Gasteiger charge is -2.31. The molecule has 0 aliphatic heterocycles.